The van der Waals surface area contributed by atoms with Crippen LogP contribution < -0.4 is 10.5 Å². The Labute approximate surface area is 112 Å². The van der Waals surface area contributed by atoms with Gasteiger partial charge in [-0.05, 0) is 38.1 Å². The van der Waals surface area contributed by atoms with Crippen LogP contribution in [0.4, 0.5) is 4.39 Å². The van der Waals surface area contributed by atoms with E-state index in [4.69, 9.17) is 22.7 Å². The molecule has 0 radical (unpaired) electrons. The number of hydrogen-bond acceptors (Lipinski definition) is 3. The highest BCUT2D eigenvalue weighted by Crippen LogP contribution is 2.25. The first-order valence-electron chi connectivity index (χ1n) is 6.00. The normalized spacial score (nSPS) is 14.8. The van der Waals surface area contributed by atoms with Crippen molar-refractivity contribution in [2.24, 2.45) is 5.73 Å². The Bertz CT molecular complexity index is 449. The first kappa shape index (κ1) is 13.2. The molecule has 1 aliphatic rings. The van der Waals surface area contributed by atoms with E-state index in [1.807, 2.05) is 0 Å². The van der Waals surface area contributed by atoms with Gasteiger partial charge in [0.2, 0.25) is 0 Å². The number of thiocarbonyl (C=S) groups is 1. The molecule has 0 saturated heterocycles. The molecule has 2 rings (SSSR count). The molecule has 5 heteroatoms. The summed E-state index contributed by atoms with van der Waals surface area (Å²) < 4.78 is 19.1. The van der Waals surface area contributed by atoms with Gasteiger partial charge in [-0.1, -0.05) is 12.2 Å². The van der Waals surface area contributed by atoms with Gasteiger partial charge in [0.25, 0.3) is 0 Å². The van der Waals surface area contributed by atoms with E-state index in [1.165, 1.54) is 18.9 Å². The van der Waals surface area contributed by atoms with Crippen molar-refractivity contribution in [3.63, 3.8) is 0 Å². The van der Waals surface area contributed by atoms with E-state index in [2.05, 4.69) is 11.9 Å². The largest absolute Gasteiger partial charge is 0.489 e. The van der Waals surface area contributed by atoms with Crippen molar-refractivity contribution in [3.8, 4) is 5.75 Å². The van der Waals surface area contributed by atoms with E-state index in [1.54, 1.807) is 12.1 Å². The molecule has 0 aliphatic heterocycles. The Morgan fingerprint density at radius 2 is 2.28 bits per heavy atom. The molecule has 0 amide bonds. The van der Waals surface area contributed by atoms with Crippen molar-refractivity contribution in [1.82, 2.24) is 4.90 Å². The minimum absolute atomic E-state index is 0.189. The van der Waals surface area contributed by atoms with Gasteiger partial charge in [-0.3, -0.25) is 0 Å². The average molecular weight is 268 g/mol. The molecule has 0 heterocycles. The van der Waals surface area contributed by atoms with E-state index in [-0.39, 0.29) is 10.7 Å². The zero-order valence-electron chi connectivity index (χ0n) is 10.4. The van der Waals surface area contributed by atoms with Crippen LogP contribution in [0.5, 0.6) is 5.75 Å². The van der Waals surface area contributed by atoms with Crippen molar-refractivity contribution in [3.05, 3.63) is 29.6 Å². The first-order valence-corrected chi connectivity index (χ1v) is 6.41. The minimum Gasteiger partial charge on any atom is -0.489 e. The van der Waals surface area contributed by atoms with Crippen LogP contribution in [0.3, 0.4) is 0 Å². The molecule has 0 bridgehead atoms. The number of hydrogen-bond donors (Lipinski definition) is 1. The van der Waals surface area contributed by atoms with E-state index >= 15 is 0 Å². The number of nitrogens with two attached hydrogens (primary N) is 1. The zero-order chi connectivity index (χ0) is 13.1. The molecule has 18 heavy (non-hydrogen) atoms. The second-order valence-corrected chi connectivity index (χ2v) is 5.01. The number of halogens is 1. The average Bonchev–Trinajstić information content (AvgIpc) is 3.14. The third kappa shape index (κ3) is 3.40. The Hall–Kier alpha value is -1.20. The summed E-state index contributed by atoms with van der Waals surface area (Å²) in [7, 11) is 2.06. The molecule has 0 atom stereocenters. The molecule has 1 aliphatic carbocycles. The standard InChI is InChI=1S/C13H17FN2OS/c1-16(10-3-4-10)6-7-17-12-5-2-9(13(15)18)8-11(12)14/h2,5,8,10H,3-4,6-7H2,1H3,(H2,15,18). The van der Waals surface area contributed by atoms with Gasteiger partial charge >= 0.3 is 0 Å². The Kier molecular flexibility index (Phi) is 4.14. The van der Waals surface area contributed by atoms with Crippen molar-refractivity contribution in [2.75, 3.05) is 20.2 Å². The second-order valence-electron chi connectivity index (χ2n) is 4.57. The van der Waals surface area contributed by atoms with Gasteiger partial charge < -0.3 is 15.4 Å². The number of likely N-dealkylation sites (N-methyl/N-ethyl adjacent to an activating group) is 1. The number of rotatable bonds is 6. The molecule has 0 aromatic heterocycles. The SMILES string of the molecule is CN(CCOc1ccc(C(N)=S)cc1F)C1CC1. The fraction of sp³-hybridized carbons (Fsp3) is 0.462. The van der Waals surface area contributed by atoms with Crippen LogP contribution in [0.15, 0.2) is 18.2 Å². The summed E-state index contributed by atoms with van der Waals surface area (Å²) >= 11 is 4.79. The monoisotopic (exact) mass is 268 g/mol. The predicted molar refractivity (Wildman–Crippen MR) is 73.4 cm³/mol. The quantitative estimate of drug-likeness (QED) is 0.800. The van der Waals surface area contributed by atoms with E-state index in [9.17, 15) is 4.39 Å². The molecule has 0 spiro atoms. The van der Waals surface area contributed by atoms with Gasteiger partial charge in [-0.2, -0.15) is 0 Å². The Morgan fingerprint density at radius 1 is 1.56 bits per heavy atom. The lowest BCUT2D eigenvalue weighted by Crippen LogP contribution is -2.26. The second kappa shape index (κ2) is 5.63. The van der Waals surface area contributed by atoms with Crippen LogP contribution in [0.25, 0.3) is 0 Å². The van der Waals surface area contributed by atoms with Crippen LogP contribution in [0.2, 0.25) is 0 Å². The zero-order valence-corrected chi connectivity index (χ0v) is 11.2. The lowest BCUT2D eigenvalue weighted by atomic mass is 10.2. The Balaban J connectivity index is 1.86. The molecule has 2 N–H and O–H groups in total. The minimum atomic E-state index is -0.422. The van der Waals surface area contributed by atoms with Gasteiger partial charge in [-0.25, -0.2) is 4.39 Å². The van der Waals surface area contributed by atoms with Gasteiger partial charge in [0.15, 0.2) is 11.6 Å². The summed E-state index contributed by atoms with van der Waals surface area (Å²) in [5.74, 6) is -0.173. The maximum absolute atomic E-state index is 13.7. The van der Waals surface area contributed by atoms with E-state index in [0.29, 0.717) is 18.2 Å². The van der Waals surface area contributed by atoms with E-state index in [0.717, 1.165) is 6.54 Å². The molecule has 1 aromatic carbocycles. The lowest BCUT2D eigenvalue weighted by Gasteiger charge is -2.16. The highest BCUT2D eigenvalue weighted by Gasteiger charge is 2.25. The third-order valence-electron chi connectivity index (χ3n) is 3.09. The lowest BCUT2D eigenvalue weighted by molar-refractivity contribution is 0.226. The number of nitrogens with zero attached hydrogens (tertiary/aromatic N) is 1. The summed E-state index contributed by atoms with van der Waals surface area (Å²) in [6, 6.07) is 5.24. The summed E-state index contributed by atoms with van der Waals surface area (Å²) in [6.07, 6.45) is 2.51. The maximum atomic E-state index is 13.7. The molecule has 98 valence electrons. The van der Waals surface area contributed by atoms with Crippen LogP contribution in [-0.4, -0.2) is 36.1 Å². The van der Waals surface area contributed by atoms with Crippen LogP contribution in [-0.2, 0) is 0 Å². The summed E-state index contributed by atoms with van der Waals surface area (Å²) in [6.45, 7) is 1.29. The van der Waals surface area contributed by atoms with Gasteiger partial charge in [0.1, 0.15) is 11.6 Å². The van der Waals surface area contributed by atoms with Crippen LogP contribution >= 0.6 is 12.2 Å². The van der Waals surface area contributed by atoms with Crippen molar-refractivity contribution >= 4 is 17.2 Å². The molecular formula is C13H17FN2OS. The molecule has 3 nitrogen and oxygen atoms in total. The van der Waals surface area contributed by atoms with Crippen molar-refractivity contribution in [1.29, 1.82) is 0 Å². The number of benzene rings is 1. The fourth-order valence-electron chi connectivity index (χ4n) is 1.77. The molecule has 1 aromatic rings. The van der Waals surface area contributed by atoms with Crippen molar-refractivity contribution < 1.29 is 9.13 Å². The molecular weight excluding hydrogens is 251 g/mol. The summed E-state index contributed by atoms with van der Waals surface area (Å²) in [5.41, 5.74) is 5.95. The third-order valence-corrected chi connectivity index (χ3v) is 3.32. The topological polar surface area (TPSA) is 38.5 Å². The maximum Gasteiger partial charge on any atom is 0.165 e. The van der Waals surface area contributed by atoms with Gasteiger partial charge in [0.05, 0.1) is 0 Å². The number of ether oxygens (including phenoxy) is 1. The highest BCUT2D eigenvalue weighted by atomic mass is 32.1. The van der Waals surface area contributed by atoms with Gasteiger partial charge in [-0.15, -0.1) is 0 Å². The fourth-order valence-corrected chi connectivity index (χ4v) is 1.90. The Morgan fingerprint density at radius 3 is 2.83 bits per heavy atom. The van der Waals surface area contributed by atoms with E-state index < -0.39 is 5.82 Å². The summed E-state index contributed by atoms with van der Waals surface area (Å²) in [5, 5.41) is 0. The van der Waals surface area contributed by atoms with Crippen LogP contribution in [0, 0.1) is 5.82 Å². The predicted octanol–water partition coefficient (Wildman–Crippen LogP) is 1.93. The first-order chi connectivity index (χ1) is 8.58. The van der Waals surface area contributed by atoms with Gasteiger partial charge in [0, 0.05) is 18.2 Å². The molecule has 1 saturated carbocycles. The highest BCUT2D eigenvalue weighted by molar-refractivity contribution is 7.80. The smallest absolute Gasteiger partial charge is 0.165 e. The summed E-state index contributed by atoms with van der Waals surface area (Å²) in [4.78, 5) is 2.43. The van der Waals surface area contributed by atoms with Crippen LogP contribution in [0.1, 0.15) is 18.4 Å². The molecule has 1 fully saturated rings. The van der Waals surface area contributed by atoms with Crippen molar-refractivity contribution in [2.45, 2.75) is 18.9 Å². The molecule has 0 unspecified atom stereocenters.